The Bertz CT molecular complexity index is 3150. The van der Waals surface area contributed by atoms with Gasteiger partial charge in [0.25, 0.3) is 0 Å². The van der Waals surface area contributed by atoms with E-state index >= 15 is 0 Å². The maximum Gasteiger partial charge on any atom is 0.325 e. The molecule has 0 aromatic heterocycles. The summed E-state index contributed by atoms with van der Waals surface area (Å²) in [6.07, 6.45) is -0.0173. The summed E-state index contributed by atoms with van der Waals surface area (Å²) in [5.41, 5.74) is 21.2. The molecule has 71 heavy (non-hydrogen) atoms. The van der Waals surface area contributed by atoms with Crippen molar-refractivity contribution in [2.75, 3.05) is 14.2 Å². The van der Waals surface area contributed by atoms with Crippen molar-refractivity contribution >= 4 is 55.3 Å². The van der Waals surface area contributed by atoms with Crippen LogP contribution in [0.2, 0.25) is 0 Å². The van der Waals surface area contributed by atoms with Crippen LogP contribution in [0.4, 0.5) is 0 Å². The number of fused-ring (bicyclic) bond motifs is 2. The lowest BCUT2D eigenvalue weighted by Gasteiger charge is -2.32. The first-order valence-corrected chi connectivity index (χ1v) is 24.9. The van der Waals surface area contributed by atoms with Crippen LogP contribution in [0, 0.1) is 0 Å². The van der Waals surface area contributed by atoms with Gasteiger partial charge in [-0.25, -0.2) is 13.1 Å². The van der Waals surface area contributed by atoms with Gasteiger partial charge in [-0.1, -0.05) is 127 Å². The summed E-state index contributed by atoms with van der Waals surface area (Å²) in [5.74, 6) is -2.83. The largest absolute Gasteiger partial charge is 0.496 e. The molecule has 0 aliphatic carbocycles. The molecule has 15 heteroatoms. The number of ether oxygens (including phenoxy) is 3. The molecule has 7 aromatic carbocycles. The summed E-state index contributed by atoms with van der Waals surface area (Å²) >= 11 is 0. The van der Waals surface area contributed by atoms with Crippen LogP contribution in [0.1, 0.15) is 99.9 Å². The molecule has 368 valence electrons. The summed E-state index contributed by atoms with van der Waals surface area (Å²) in [6, 6.07) is 43.9. The molecule has 7 aromatic rings. The van der Waals surface area contributed by atoms with Crippen LogP contribution in [0.3, 0.4) is 0 Å². The van der Waals surface area contributed by atoms with E-state index in [1.54, 1.807) is 67.6 Å². The van der Waals surface area contributed by atoms with Gasteiger partial charge in [0, 0.05) is 41.5 Å². The predicted octanol–water partition coefficient (Wildman–Crippen LogP) is 7.94. The van der Waals surface area contributed by atoms with E-state index in [0.29, 0.717) is 50.8 Å². The molecule has 14 nitrogen and oxygen atoms in total. The minimum Gasteiger partial charge on any atom is -0.496 e. The number of carbonyl (C=O) groups excluding carboxylic acids is 4. The zero-order valence-corrected chi connectivity index (χ0v) is 40.9. The summed E-state index contributed by atoms with van der Waals surface area (Å²) in [5, 5.41) is 5.66. The van der Waals surface area contributed by atoms with Gasteiger partial charge in [0.05, 0.1) is 31.1 Å². The van der Waals surface area contributed by atoms with Gasteiger partial charge in [0.2, 0.25) is 27.7 Å². The molecule has 0 fully saturated rings. The van der Waals surface area contributed by atoms with Gasteiger partial charge in [-0.3, -0.25) is 24.9 Å². The van der Waals surface area contributed by atoms with Crippen LogP contribution in [-0.2, 0) is 30.1 Å². The molecule has 8 N–H and O–H groups in total. The molecule has 0 spiro atoms. The number of hydrogen-bond acceptors (Lipinski definition) is 10. The van der Waals surface area contributed by atoms with Crippen LogP contribution in [0.5, 0.6) is 11.5 Å². The number of carbonyl (C=O) groups is 4. The third-order valence-electron chi connectivity index (χ3n) is 12.5. The standard InChI is InChI=1S/C56H59N5O9S/c1-35(28-45(37-18-10-6-11-19-37)41-29-39-22-14-24-43(53(57)63)51(39)48(31-41)68-3)60-50(62)27-26-47(61-71(66,67)34-36-16-8-5-9-17-36)55(65)70-56(2,59)33-46(38-20-12-7-13-21-38)42-30-40-23-15-25-44(54(58)64)52(40)49(32-42)69-4/h5-25,29-32,35,45-47,61H,26-28,33-34,59H2,1-4H3,(H2,57,63)(H2,58,64)(H,60,62)/t35-,45?,46?,47-,56-/m0/s1. The van der Waals surface area contributed by atoms with E-state index in [4.69, 9.17) is 31.4 Å². The van der Waals surface area contributed by atoms with Crippen molar-refractivity contribution in [3.05, 3.63) is 191 Å². The molecule has 0 aliphatic heterocycles. The fourth-order valence-electron chi connectivity index (χ4n) is 9.28. The Balaban J connectivity index is 1.12. The number of hydrogen-bond donors (Lipinski definition) is 5. The Labute approximate surface area is 413 Å². The number of nitrogens with one attached hydrogen (secondary N) is 2. The highest BCUT2D eigenvalue weighted by Crippen LogP contribution is 2.40. The summed E-state index contributed by atoms with van der Waals surface area (Å²) in [4.78, 5) is 53.0. The number of esters is 1. The number of sulfonamides is 1. The molecule has 3 amide bonds. The lowest BCUT2D eigenvalue weighted by atomic mass is 9.83. The van der Waals surface area contributed by atoms with Crippen molar-refractivity contribution in [2.45, 2.75) is 74.9 Å². The molecule has 0 saturated carbocycles. The lowest BCUT2D eigenvalue weighted by molar-refractivity contribution is -0.160. The average molecular weight is 978 g/mol. The van der Waals surface area contributed by atoms with Gasteiger partial charge in [-0.15, -0.1) is 0 Å². The maximum atomic E-state index is 14.4. The zero-order chi connectivity index (χ0) is 50.9. The molecule has 5 atom stereocenters. The van der Waals surface area contributed by atoms with Crippen LogP contribution in [0.15, 0.2) is 152 Å². The highest BCUT2D eigenvalue weighted by molar-refractivity contribution is 7.88. The van der Waals surface area contributed by atoms with E-state index in [1.807, 2.05) is 97.9 Å². The van der Waals surface area contributed by atoms with Gasteiger partial charge < -0.3 is 31.0 Å². The number of nitrogens with two attached hydrogens (primary N) is 3. The Morgan fingerprint density at radius 3 is 1.61 bits per heavy atom. The Morgan fingerprint density at radius 1 is 0.634 bits per heavy atom. The third-order valence-corrected chi connectivity index (χ3v) is 13.9. The van der Waals surface area contributed by atoms with E-state index < -0.39 is 63.2 Å². The quantitative estimate of drug-likeness (QED) is 0.0325. The number of rotatable bonds is 22. The van der Waals surface area contributed by atoms with Crippen molar-refractivity contribution < 1.29 is 41.8 Å². The second-order valence-electron chi connectivity index (χ2n) is 18.0. The van der Waals surface area contributed by atoms with Crippen molar-refractivity contribution in [3.8, 4) is 11.5 Å². The average Bonchev–Trinajstić information content (AvgIpc) is 3.35. The maximum absolute atomic E-state index is 14.4. The fraction of sp³-hybridized carbons (Fsp3) is 0.250. The Kier molecular flexibility index (Phi) is 16.2. The predicted molar refractivity (Wildman–Crippen MR) is 275 cm³/mol. The highest BCUT2D eigenvalue weighted by Gasteiger charge is 2.35. The number of benzene rings is 7. The van der Waals surface area contributed by atoms with Gasteiger partial charge in [0.1, 0.15) is 17.5 Å². The van der Waals surface area contributed by atoms with Crippen molar-refractivity contribution in [1.82, 2.24) is 10.0 Å². The molecule has 0 heterocycles. The van der Waals surface area contributed by atoms with Gasteiger partial charge in [-0.05, 0) is 89.5 Å². The minimum absolute atomic E-state index is 0.0341. The normalized spacial score (nSPS) is 14.1. The van der Waals surface area contributed by atoms with E-state index in [-0.39, 0.29) is 25.2 Å². The molecule has 7 rings (SSSR count). The van der Waals surface area contributed by atoms with Gasteiger partial charge in [-0.2, -0.15) is 0 Å². The van der Waals surface area contributed by atoms with E-state index in [9.17, 15) is 27.6 Å². The molecular formula is C56H59N5O9S. The summed E-state index contributed by atoms with van der Waals surface area (Å²) in [6.45, 7) is 3.41. The van der Waals surface area contributed by atoms with Gasteiger partial charge in [0.15, 0.2) is 5.72 Å². The summed E-state index contributed by atoms with van der Waals surface area (Å²) < 4.78 is 47.6. The van der Waals surface area contributed by atoms with E-state index in [1.165, 1.54) is 14.2 Å². The summed E-state index contributed by atoms with van der Waals surface area (Å²) in [7, 11) is -1.13. The first-order chi connectivity index (χ1) is 34.0. The SMILES string of the molecule is COc1cc(C(C[C@H](C)NC(=O)CC[C@H](NS(=O)(=O)Cc2ccccc2)C(=O)O[C@](C)(N)CC(c2ccccc2)c2cc(OC)c3c(C(N)=O)cccc3c2)c2ccccc2)cc2cccc(C(N)=O)c12. The highest BCUT2D eigenvalue weighted by atomic mass is 32.2. The molecular weight excluding hydrogens is 919 g/mol. The minimum atomic E-state index is -4.16. The van der Waals surface area contributed by atoms with Crippen molar-refractivity contribution in [2.24, 2.45) is 17.2 Å². The Hall–Kier alpha value is -7.59. The number of amides is 3. The molecule has 0 aliphatic rings. The van der Waals surface area contributed by atoms with E-state index in [2.05, 4.69) is 10.0 Å². The smallest absolute Gasteiger partial charge is 0.325 e. The lowest BCUT2D eigenvalue weighted by Crippen LogP contribution is -2.50. The first-order valence-electron chi connectivity index (χ1n) is 23.2. The van der Waals surface area contributed by atoms with Crippen molar-refractivity contribution in [3.63, 3.8) is 0 Å². The monoisotopic (exact) mass is 977 g/mol. The number of methoxy groups -OCH3 is 2. The van der Waals surface area contributed by atoms with Crippen LogP contribution < -0.4 is 36.7 Å². The topological polar surface area (TPSA) is 232 Å². The second-order valence-corrected chi connectivity index (χ2v) is 19.8. The van der Waals surface area contributed by atoms with Crippen LogP contribution in [-0.4, -0.2) is 64.1 Å². The molecule has 0 radical (unpaired) electrons. The zero-order valence-electron chi connectivity index (χ0n) is 40.1. The van der Waals surface area contributed by atoms with Crippen LogP contribution in [0.25, 0.3) is 21.5 Å². The molecule has 0 saturated heterocycles. The van der Waals surface area contributed by atoms with Crippen LogP contribution >= 0.6 is 0 Å². The fourth-order valence-corrected chi connectivity index (χ4v) is 10.6. The van der Waals surface area contributed by atoms with E-state index in [0.717, 1.165) is 27.6 Å². The number of primary amides is 2. The molecule has 0 bridgehead atoms. The third kappa shape index (κ3) is 12.8. The second kappa shape index (κ2) is 22.4. The van der Waals surface area contributed by atoms with Crippen molar-refractivity contribution in [1.29, 1.82) is 0 Å². The Morgan fingerprint density at radius 2 is 1.11 bits per heavy atom. The first kappa shape index (κ1) is 51.3. The van der Waals surface area contributed by atoms with Gasteiger partial charge >= 0.3 is 5.97 Å². The molecule has 2 unspecified atom stereocenters.